The first kappa shape index (κ1) is 13.2. The van der Waals surface area contributed by atoms with Gasteiger partial charge in [-0.25, -0.2) is 0 Å². The molecule has 1 aliphatic rings. The van der Waals surface area contributed by atoms with Crippen LogP contribution >= 0.6 is 0 Å². The van der Waals surface area contributed by atoms with E-state index in [1.165, 1.54) is 0 Å². The van der Waals surface area contributed by atoms with Crippen LogP contribution in [0.15, 0.2) is 0 Å². The second-order valence-electron chi connectivity index (χ2n) is 3.62. The third-order valence-electron chi connectivity index (χ3n) is 2.48. The van der Waals surface area contributed by atoms with Gasteiger partial charge in [0.05, 0.1) is 6.61 Å². The van der Waals surface area contributed by atoms with Crippen molar-refractivity contribution < 1.29 is 35.2 Å². The van der Waals surface area contributed by atoms with E-state index < -0.39 is 48.3 Å². The van der Waals surface area contributed by atoms with E-state index in [4.69, 9.17) is 10.2 Å². The molecule has 0 spiro atoms. The van der Waals surface area contributed by atoms with Gasteiger partial charge in [0.1, 0.15) is 18.3 Å². The van der Waals surface area contributed by atoms with E-state index in [0.717, 1.165) is 0 Å². The van der Waals surface area contributed by atoms with Gasteiger partial charge < -0.3 is 30.3 Å². The van der Waals surface area contributed by atoms with Crippen molar-refractivity contribution in [2.24, 2.45) is 0 Å². The van der Waals surface area contributed by atoms with Gasteiger partial charge in [0.2, 0.25) is 6.54 Å². The summed E-state index contributed by atoms with van der Waals surface area (Å²) in [6.45, 7) is -1.95. The summed E-state index contributed by atoms with van der Waals surface area (Å²) in [4.78, 5) is 9.41. The maximum atomic E-state index is 10.3. The van der Waals surface area contributed by atoms with Gasteiger partial charge in [-0.05, 0) is 0 Å². The molecule has 1 unspecified atom stereocenters. The van der Waals surface area contributed by atoms with Crippen molar-refractivity contribution in [3.63, 3.8) is 0 Å². The van der Waals surface area contributed by atoms with Gasteiger partial charge in [0.15, 0.2) is 11.9 Å². The number of nitrogens with zero attached hydrogens (tertiary/aromatic N) is 1. The van der Waals surface area contributed by atoms with E-state index in [1.807, 2.05) is 0 Å². The van der Waals surface area contributed by atoms with Gasteiger partial charge in [-0.2, -0.15) is 0 Å². The highest BCUT2D eigenvalue weighted by Crippen LogP contribution is 2.32. The minimum absolute atomic E-state index is 0.829. The summed E-state index contributed by atoms with van der Waals surface area (Å²) < 4.78 is 4.58. The molecule has 1 fully saturated rings. The summed E-state index contributed by atoms with van der Waals surface area (Å²) >= 11 is 0. The van der Waals surface area contributed by atoms with Crippen molar-refractivity contribution in [1.82, 2.24) is 0 Å². The molecule has 0 bridgehead atoms. The molecule has 1 aliphatic heterocycles. The number of hydrogen-bond donors (Lipinski definition) is 5. The van der Waals surface area contributed by atoms with Crippen molar-refractivity contribution >= 4 is 0 Å². The lowest BCUT2D eigenvalue weighted by molar-refractivity contribution is -0.506. The Kier molecular flexibility index (Phi) is 3.78. The molecule has 0 aromatic carbocycles. The fourth-order valence-corrected chi connectivity index (χ4v) is 1.67. The van der Waals surface area contributed by atoms with Gasteiger partial charge in [-0.15, -0.1) is 0 Å². The lowest BCUT2D eigenvalue weighted by Gasteiger charge is -2.28. The van der Waals surface area contributed by atoms with Crippen LogP contribution in [0.25, 0.3) is 0 Å². The molecule has 5 N–H and O–H groups in total. The number of ether oxygens (including phenoxy) is 1. The SMILES string of the molecule is O=[N+]([O-])C[C@]1(O)[C@@H](O)C(O)O[C@H]1[C@H](O)CO. The molecule has 0 aliphatic carbocycles. The first-order valence-corrected chi connectivity index (χ1v) is 4.47. The lowest BCUT2D eigenvalue weighted by Crippen LogP contribution is -2.57. The molecule has 1 heterocycles. The summed E-state index contributed by atoms with van der Waals surface area (Å²) in [6.07, 6.45) is -7.05. The fourth-order valence-electron chi connectivity index (χ4n) is 1.67. The number of hydrogen-bond acceptors (Lipinski definition) is 8. The Bertz CT molecular complexity index is 273. The van der Waals surface area contributed by atoms with Gasteiger partial charge >= 0.3 is 0 Å². The molecule has 0 aromatic rings. The van der Waals surface area contributed by atoms with E-state index in [-0.39, 0.29) is 0 Å². The van der Waals surface area contributed by atoms with Crippen LogP contribution in [0.4, 0.5) is 0 Å². The van der Waals surface area contributed by atoms with Crippen LogP contribution in [0.1, 0.15) is 0 Å². The topological polar surface area (TPSA) is 154 Å². The Morgan fingerprint density at radius 2 is 2.06 bits per heavy atom. The van der Waals surface area contributed by atoms with Gasteiger partial charge in [0.25, 0.3) is 0 Å². The first-order chi connectivity index (χ1) is 7.32. The summed E-state index contributed by atoms with van der Waals surface area (Å²) in [7, 11) is 0. The Labute approximate surface area is 89.7 Å². The van der Waals surface area contributed by atoms with Crippen LogP contribution in [0.3, 0.4) is 0 Å². The number of aliphatic hydroxyl groups excluding tert-OH is 4. The number of rotatable bonds is 4. The third-order valence-corrected chi connectivity index (χ3v) is 2.48. The molecule has 94 valence electrons. The molecule has 0 amide bonds. The zero-order valence-electron chi connectivity index (χ0n) is 8.13. The van der Waals surface area contributed by atoms with Gasteiger partial charge in [-0.3, -0.25) is 10.1 Å². The molecule has 0 aromatic heterocycles. The zero-order valence-corrected chi connectivity index (χ0v) is 8.13. The molecular weight excluding hydrogens is 226 g/mol. The summed E-state index contributed by atoms with van der Waals surface area (Å²) in [5.41, 5.74) is -2.44. The molecule has 0 saturated carbocycles. The minimum Gasteiger partial charge on any atom is -0.394 e. The Morgan fingerprint density at radius 3 is 2.50 bits per heavy atom. The quantitative estimate of drug-likeness (QED) is 0.249. The summed E-state index contributed by atoms with van der Waals surface area (Å²) in [5.74, 6) is 0. The van der Waals surface area contributed by atoms with Crippen molar-refractivity contribution in [1.29, 1.82) is 0 Å². The normalized spacial score (nSPS) is 40.9. The van der Waals surface area contributed by atoms with Crippen LogP contribution in [0.5, 0.6) is 0 Å². The average molecular weight is 239 g/mol. The first-order valence-electron chi connectivity index (χ1n) is 4.47. The zero-order chi connectivity index (χ0) is 12.5. The van der Waals surface area contributed by atoms with E-state index in [1.54, 1.807) is 0 Å². The highest BCUT2D eigenvalue weighted by molar-refractivity contribution is 5.03. The molecule has 9 heteroatoms. The Morgan fingerprint density at radius 1 is 1.50 bits per heavy atom. The largest absolute Gasteiger partial charge is 0.394 e. The third kappa shape index (κ3) is 2.14. The molecule has 16 heavy (non-hydrogen) atoms. The average Bonchev–Trinajstić information content (AvgIpc) is 2.41. The Balaban J connectivity index is 2.94. The molecule has 1 rings (SSSR count). The fraction of sp³-hybridized carbons (Fsp3) is 1.00. The maximum absolute atomic E-state index is 10.3. The minimum atomic E-state index is -2.44. The van der Waals surface area contributed by atoms with E-state index in [9.17, 15) is 25.4 Å². The molecule has 5 atom stereocenters. The molecule has 0 radical (unpaired) electrons. The van der Waals surface area contributed by atoms with Crippen LogP contribution < -0.4 is 0 Å². The monoisotopic (exact) mass is 239 g/mol. The smallest absolute Gasteiger partial charge is 0.237 e. The van der Waals surface area contributed by atoms with Crippen LogP contribution in [0, 0.1) is 10.1 Å². The number of aliphatic hydroxyl groups is 5. The summed E-state index contributed by atoms with van der Waals surface area (Å²) in [5, 5.41) is 56.5. The standard InChI is InChI=1S/C7H13NO8/c9-1-3(10)5-7(13,2-8(14)15)4(11)6(12)16-5/h3-6,9-13H,1-2H2/t3-,4+,5+,6?,7+/m1/s1. The van der Waals surface area contributed by atoms with Gasteiger partial charge in [-0.1, -0.05) is 0 Å². The number of nitro groups is 1. The van der Waals surface area contributed by atoms with E-state index in [0.29, 0.717) is 0 Å². The molecule has 9 nitrogen and oxygen atoms in total. The molecular formula is C7H13NO8. The predicted octanol–water partition coefficient (Wildman–Crippen LogP) is -3.57. The van der Waals surface area contributed by atoms with Gasteiger partial charge in [0, 0.05) is 4.92 Å². The van der Waals surface area contributed by atoms with Crippen molar-refractivity contribution in [3.8, 4) is 0 Å². The highest BCUT2D eigenvalue weighted by atomic mass is 16.7. The summed E-state index contributed by atoms with van der Waals surface area (Å²) in [6, 6.07) is 0. The lowest BCUT2D eigenvalue weighted by atomic mass is 9.89. The predicted molar refractivity (Wildman–Crippen MR) is 46.8 cm³/mol. The van der Waals surface area contributed by atoms with E-state index >= 15 is 0 Å². The van der Waals surface area contributed by atoms with Crippen molar-refractivity contribution in [2.45, 2.75) is 30.2 Å². The van der Waals surface area contributed by atoms with Crippen LogP contribution in [-0.2, 0) is 4.74 Å². The molecule has 1 saturated heterocycles. The Hall–Kier alpha value is -0.840. The van der Waals surface area contributed by atoms with Crippen LogP contribution in [0.2, 0.25) is 0 Å². The second kappa shape index (κ2) is 4.57. The van der Waals surface area contributed by atoms with Crippen molar-refractivity contribution in [2.75, 3.05) is 13.2 Å². The maximum Gasteiger partial charge on any atom is 0.237 e. The van der Waals surface area contributed by atoms with Crippen LogP contribution in [-0.4, -0.2) is 73.8 Å². The van der Waals surface area contributed by atoms with Crippen molar-refractivity contribution in [3.05, 3.63) is 10.1 Å². The highest BCUT2D eigenvalue weighted by Gasteiger charge is 2.60. The van der Waals surface area contributed by atoms with E-state index in [2.05, 4.69) is 4.74 Å². The second-order valence-corrected chi connectivity index (χ2v) is 3.62.